The summed E-state index contributed by atoms with van der Waals surface area (Å²) in [6.45, 7) is 7.20. The van der Waals surface area contributed by atoms with Crippen LogP contribution < -0.4 is 5.32 Å². The Balaban J connectivity index is 0.00000132. The summed E-state index contributed by atoms with van der Waals surface area (Å²) in [5.74, 6) is 0.648. The van der Waals surface area contributed by atoms with Gasteiger partial charge in [-0.3, -0.25) is 14.5 Å². The monoisotopic (exact) mass is 366 g/mol. The molecule has 0 aromatic rings. The van der Waals surface area contributed by atoms with Crippen LogP contribution in [0.4, 0.5) is 0 Å². The van der Waals surface area contributed by atoms with Gasteiger partial charge in [0.15, 0.2) is 0 Å². The molecule has 0 aliphatic carbocycles. The summed E-state index contributed by atoms with van der Waals surface area (Å²) in [4.78, 5) is 30.7. The highest BCUT2D eigenvalue weighted by Gasteiger charge is 2.30. The van der Waals surface area contributed by atoms with Crippen molar-refractivity contribution in [1.82, 2.24) is 20.0 Å². The minimum Gasteiger partial charge on any atom is -0.339 e. The number of likely N-dealkylation sites (tertiary alicyclic amines) is 1. The maximum atomic E-state index is 12.3. The maximum Gasteiger partial charge on any atom is 0.236 e. The van der Waals surface area contributed by atoms with E-state index >= 15 is 0 Å². The van der Waals surface area contributed by atoms with Crippen LogP contribution in [-0.4, -0.2) is 85.4 Å². The quantitative estimate of drug-likeness (QED) is 0.775. The average molecular weight is 367 g/mol. The summed E-state index contributed by atoms with van der Waals surface area (Å²) in [7, 11) is 0. The molecular weight excluding hydrogens is 339 g/mol. The summed E-state index contributed by atoms with van der Waals surface area (Å²) in [5.41, 5.74) is 0. The van der Waals surface area contributed by atoms with E-state index in [2.05, 4.69) is 10.2 Å². The highest BCUT2D eigenvalue weighted by Crippen LogP contribution is 2.14. The van der Waals surface area contributed by atoms with Gasteiger partial charge in [-0.05, 0) is 38.9 Å². The van der Waals surface area contributed by atoms with Gasteiger partial charge < -0.3 is 15.1 Å². The molecule has 1 atom stereocenters. The fourth-order valence-electron chi connectivity index (χ4n) is 3.53. The van der Waals surface area contributed by atoms with Crippen LogP contribution in [0.3, 0.4) is 0 Å². The predicted octanol–water partition coefficient (Wildman–Crippen LogP) is 0.206. The molecule has 3 saturated heterocycles. The lowest BCUT2D eigenvalue weighted by molar-refractivity contribution is -0.142. The molecule has 3 heterocycles. The molecule has 8 heteroatoms. The molecule has 0 radical (unpaired) electrons. The highest BCUT2D eigenvalue weighted by molar-refractivity contribution is 5.85. The lowest BCUT2D eigenvalue weighted by Gasteiger charge is -2.36. The van der Waals surface area contributed by atoms with Crippen molar-refractivity contribution in [2.45, 2.75) is 19.3 Å². The largest absolute Gasteiger partial charge is 0.339 e. The third-order valence-electron chi connectivity index (χ3n) is 4.91. The Bertz CT molecular complexity index is 391. The van der Waals surface area contributed by atoms with Crippen LogP contribution in [0.2, 0.25) is 0 Å². The third kappa shape index (κ3) is 5.21. The van der Waals surface area contributed by atoms with Crippen molar-refractivity contribution in [1.29, 1.82) is 0 Å². The second kappa shape index (κ2) is 9.67. The fraction of sp³-hybridized carbons (Fsp3) is 0.867. The van der Waals surface area contributed by atoms with E-state index in [1.165, 1.54) is 12.8 Å². The summed E-state index contributed by atoms with van der Waals surface area (Å²) >= 11 is 0. The standard InChI is InChI=1S/C15H26N4O2.2ClH/c20-14(12-17-5-1-2-6-17)18-7-9-19(10-8-18)15(21)13-3-4-16-11-13;;/h13,16H,1-12H2;2*1H. The van der Waals surface area contributed by atoms with Crippen LogP contribution in [0.1, 0.15) is 19.3 Å². The number of hydrogen-bond donors (Lipinski definition) is 1. The smallest absolute Gasteiger partial charge is 0.236 e. The Labute approximate surface area is 150 Å². The highest BCUT2D eigenvalue weighted by atomic mass is 35.5. The number of carbonyl (C=O) groups is 2. The second-order valence-electron chi connectivity index (χ2n) is 6.38. The molecule has 3 aliphatic rings. The van der Waals surface area contributed by atoms with Crippen molar-refractivity contribution in [3.63, 3.8) is 0 Å². The number of rotatable bonds is 3. The first-order valence-electron chi connectivity index (χ1n) is 8.23. The Morgan fingerprint density at radius 1 is 0.913 bits per heavy atom. The van der Waals surface area contributed by atoms with Gasteiger partial charge in [-0.15, -0.1) is 24.8 Å². The SMILES string of the molecule is Cl.Cl.O=C(CN1CCCC1)N1CCN(C(=O)C2CCNC2)CC1. The van der Waals surface area contributed by atoms with Gasteiger partial charge in [0.25, 0.3) is 0 Å². The van der Waals surface area contributed by atoms with Crippen LogP contribution in [0.25, 0.3) is 0 Å². The normalized spacial score (nSPS) is 25.0. The molecule has 0 aromatic carbocycles. The molecule has 3 aliphatic heterocycles. The number of amides is 2. The van der Waals surface area contributed by atoms with Crippen molar-refractivity contribution in [2.75, 3.05) is 58.9 Å². The summed E-state index contributed by atoms with van der Waals surface area (Å²) in [5, 5.41) is 3.24. The Kier molecular flexibility index (Phi) is 8.61. The first-order valence-corrected chi connectivity index (χ1v) is 8.23. The molecule has 0 aromatic heterocycles. The van der Waals surface area contributed by atoms with E-state index in [4.69, 9.17) is 0 Å². The average Bonchev–Trinajstić information content (AvgIpc) is 3.20. The molecule has 134 valence electrons. The Morgan fingerprint density at radius 2 is 1.52 bits per heavy atom. The summed E-state index contributed by atoms with van der Waals surface area (Å²) in [6.07, 6.45) is 3.38. The first-order chi connectivity index (χ1) is 10.2. The molecule has 1 N–H and O–H groups in total. The lowest BCUT2D eigenvalue weighted by Crippen LogP contribution is -2.53. The van der Waals surface area contributed by atoms with Gasteiger partial charge in [0.05, 0.1) is 12.5 Å². The molecule has 0 saturated carbocycles. The van der Waals surface area contributed by atoms with Crippen LogP contribution in [0.15, 0.2) is 0 Å². The van der Waals surface area contributed by atoms with Crippen molar-refractivity contribution < 1.29 is 9.59 Å². The molecule has 23 heavy (non-hydrogen) atoms. The van der Waals surface area contributed by atoms with Crippen LogP contribution >= 0.6 is 24.8 Å². The van der Waals surface area contributed by atoms with E-state index in [0.717, 1.165) is 32.6 Å². The molecular formula is C15H28Cl2N4O2. The lowest BCUT2D eigenvalue weighted by atomic mass is 10.1. The van der Waals surface area contributed by atoms with Crippen molar-refractivity contribution in [3.8, 4) is 0 Å². The van der Waals surface area contributed by atoms with Gasteiger partial charge in [0, 0.05) is 32.7 Å². The van der Waals surface area contributed by atoms with Gasteiger partial charge in [-0.2, -0.15) is 0 Å². The van der Waals surface area contributed by atoms with Gasteiger partial charge in [-0.1, -0.05) is 0 Å². The first kappa shape index (κ1) is 20.5. The number of carbonyl (C=O) groups excluding carboxylic acids is 2. The minimum absolute atomic E-state index is 0. The van der Waals surface area contributed by atoms with E-state index in [1.807, 2.05) is 9.80 Å². The van der Waals surface area contributed by atoms with Crippen LogP contribution in [0, 0.1) is 5.92 Å². The molecule has 3 fully saturated rings. The van der Waals surface area contributed by atoms with Crippen molar-refractivity contribution >= 4 is 36.6 Å². The van der Waals surface area contributed by atoms with Gasteiger partial charge >= 0.3 is 0 Å². The number of halogens is 2. The second-order valence-corrected chi connectivity index (χ2v) is 6.38. The van der Waals surface area contributed by atoms with Crippen LogP contribution in [-0.2, 0) is 9.59 Å². The zero-order valence-corrected chi connectivity index (χ0v) is 15.2. The minimum atomic E-state index is 0. The van der Waals surface area contributed by atoms with Crippen molar-refractivity contribution in [2.24, 2.45) is 5.92 Å². The molecule has 2 amide bonds. The van der Waals surface area contributed by atoms with Gasteiger partial charge in [-0.25, -0.2) is 0 Å². The molecule has 1 unspecified atom stereocenters. The predicted molar refractivity (Wildman–Crippen MR) is 94.3 cm³/mol. The Morgan fingerprint density at radius 3 is 2.09 bits per heavy atom. The zero-order chi connectivity index (χ0) is 14.7. The molecule has 0 bridgehead atoms. The summed E-state index contributed by atoms with van der Waals surface area (Å²) in [6, 6.07) is 0. The number of piperazine rings is 1. The molecule has 6 nitrogen and oxygen atoms in total. The zero-order valence-electron chi connectivity index (χ0n) is 13.5. The van der Waals surface area contributed by atoms with E-state index in [-0.39, 0.29) is 42.5 Å². The Hall–Kier alpha value is -0.560. The van der Waals surface area contributed by atoms with Crippen LogP contribution in [0.5, 0.6) is 0 Å². The van der Waals surface area contributed by atoms with E-state index in [1.54, 1.807) is 0 Å². The van der Waals surface area contributed by atoms with E-state index in [0.29, 0.717) is 32.7 Å². The topological polar surface area (TPSA) is 55.9 Å². The number of nitrogens with zero attached hydrogens (tertiary/aromatic N) is 3. The van der Waals surface area contributed by atoms with E-state index < -0.39 is 0 Å². The summed E-state index contributed by atoms with van der Waals surface area (Å²) < 4.78 is 0. The number of nitrogens with one attached hydrogen (secondary N) is 1. The maximum absolute atomic E-state index is 12.3. The van der Waals surface area contributed by atoms with Gasteiger partial charge in [0.1, 0.15) is 0 Å². The third-order valence-corrected chi connectivity index (χ3v) is 4.91. The van der Waals surface area contributed by atoms with E-state index in [9.17, 15) is 9.59 Å². The van der Waals surface area contributed by atoms with Gasteiger partial charge in [0.2, 0.25) is 11.8 Å². The molecule has 3 rings (SSSR count). The number of hydrogen-bond acceptors (Lipinski definition) is 4. The molecule has 0 spiro atoms. The van der Waals surface area contributed by atoms with Crippen molar-refractivity contribution in [3.05, 3.63) is 0 Å². The fourth-order valence-corrected chi connectivity index (χ4v) is 3.53.